The summed E-state index contributed by atoms with van der Waals surface area (Å²) >= 11 is 0. The van der Waals surface area contributed by atoms with Crippen molar-refractivity contribution >= 4 is 22.8 Å². The van der Waals surface area contributed by atoms with Crippen molar-refractivity contribution in [3.05, 3.63) is 0 Å². The third-order valence-electron chi connectivity index (χ3n) is 2.25. The molecule has 4 N–H and O–H groups in total. The minimum absolute atomic E-state index is 0.225. The molecule has 0 aliphatic rings. The van der Waals surface area contributed by atoms with Crippen LogP contribution >= 0.6 is 0 Å². The molecule has 7 nitrogen and oxygen atoms in total. The van der Waals surface area contributed by atoms with E-state index in [1.807, 2.05) is 0 Å². The Morgan fingerprint density at radius 2 is 1.83 bits per heavy atom. The Bertz CT molecular complexity index is 321. The van der Waals surface area contributed by atoms with Crippen LogP contribution in [0.5, 0.6) is 0 Å². The van der Waals surface area contributed by atoms with Gasteiger partial charge in [0.2, 0.25) is 0 Å². The second kappa shape index (κ2) is 8.04. The molecule has 8 heteroatoms. The molecule has 0 aromatic carbocycles. The first-order valence-electron chi connectivity index (χ1n) is 5.52. The van der Waals surface area contributed by atoms with E-state index < -0.39 is 34.9 Å². The third-order valence-corrected chi connectivity index (χ3v) is 3.06. The van der Waals surface area contributed by atoms with Crippen molar-refractivity contribution in [2.45, 2.75) is 38.5 Å². The summed E-state index contributed by atoms with van der Waals surface area (Å²) in [4.78, 5) is 22.2. The average Bonchev–Trinajstić information content (AvgIpc) is 2.22. The summed E-state index contributed by atoms with van der Waals surface area (Å²) in [6.07, 6.45) is 0.913. The lowest BCUT2D eigenvalue weighted by atomic mass is 10.2. The number of aliphatic carboxylic acids is 1. The van der Waals surface area contributed by atoms with Crippen LogP contribution in [0.15, 0.2) is 0 Å². The molecule has 4 atom stereocenters. The molecule has 0 aromatic heterocycles. The highest BCUT2D eigenvalue weighted by atomic mass is 32.2. The van der Waals surface area contributed by atoms with Gasteiger partial charge in [-0.1, -0.05) is 0 Å². The SMILES string of the molecule is CC(CCS(C)=O)NC(=O)N[C@H](C(=O)O)[C@@H](C)O. The number of hydrogen-bond acceptors (Lipinski definition) is 4. The first kappa shape index (κ1) is 16.9. The van der Waals surface area contributed by atoms with Crippen molar-refractivity contribution < 1.29 is 24.0 Å². The highest BCUT2D eigenvalue weighted by Crippen LogP contribution is 1.95. The minimum atomic E-state index is -1.35. The lowest BCUT2D eigenvalue weighted by Gasteiger charge is -2.19. The molecule has 0 aromatic rings. The Morgan fingerprint density at radius 3 is 2.22 bits per heavy atom. The molecule has 2 unspecified atom stereocenters. The van der Waals surface area contributed by atoms with Gasteiger partial charge in [0.25, 0.3) is 0 Å². The fourth-order valence-electron chi connectivity index (χ4n) is 1.21. The predicted octanol–water partition coefficient (Wildman–Crippen LogP) is -0.723. The molecule has 106 valence electrons. The van der Waals surface area contributed by atoms with E-state index >= 15 is 0 Å². The molecule has 0 spiro atoms. The largest absolute Gasteiger partial charge is 0.480 e. The molecule has 0 fully saturated rings. The summed E-state index contributed by atoms with van der Waals surface area (Å²) < 4.78 is 10.9. The predicted molar refractivity (Wildman–Crippen MR) is 67.8 cm³/mol. The zero-order valence-corrected chi connectivity index (χ0v) is 11.5. The van der Waals surface area contributed by atoms with Gasteiger partial charge in [-0.3, -0.25) is 4.21 Å². The summed E-state index contributed by atoms with van der Waals surface area (Å²) in [5, 5.41) is 22.6. The van der Waals surface area contributed by atoms with E-state index in [-0.39, 0.29) is 6.04 Å². The van der Waals surface area contributed by atoms with E-state index in [9.17, 15) is 18.9 Å². The van der Waals surface area contributed by atoms with Gasteiger partial charge in [-0.15, -0.1) is 0 Å². The number of carboxylic acids is 1. The van der Waals surface area contributed by atoms with Crippen molar-refractivity contribution in [1.29, 1.82) is 0 Å². The number of carbonyl (C=O) groups excluding carboxylic acids is 1. The Labute approximate surface area is 108 Å². The Morgan fingerprint density at radius 1 is 1.28 bits per heavy atom. The van der Waals surface area contributed by atoms with Gasteiger partial charge in [-0.05, 0) is 20.3 Å². The summed E-state index contributed by atoms with van der Waals surface area (Å²) in [6.45, 7) is 3.01. The number of rotatable bonds is 7. The van der Waals surface area contributed by atoms with Crippen LogP contribution < -0.4 is 10.6 Å². The lowest BCUT2D eigenvalue weighted by Crippen LogP contribution is -2.52. The summed E-state index contributed by atoms with van der Waals surface area (Å²) in [6, 6.07) is -2.24. The number of aliphatic hydroxyl groups excluding tert-OH is 1. The van der Waals surface area contributed by atoms with Gasteiger partial charge in [-0.25, -0.2) is 9.59 Å². The molecule has 2 amide bonds. The van der Waals surface area contributed by atoms with Crippen LogP contribution in [0, 0.1) is 0 Å². The number of urea groups is 1. The highest BCUT2D eigenvalue weighted by molar-refractivity contribution is 7.84. The molecule has 0 heterocycles. The molecular weight excluding hydrogens is 260 g/mol. The van der Waals surface area contributed by atoms with Gasteiger partial charge >= 0.3 is 12.0 Å². The highest BCUT2D eigenvalue weighted by Gasteiger charge is 2.25. The van der Waals surface area contributed by atoms with Gasteiger partial charge in [0.1, 0.15) is 0 Å². The van der Waals surface area contributed by atoms with Crippen LogP contribution in [-0.4, -0.2) is 56.6 Å². The van der Waals surface area contributed by atoms with Crippen LogP contribution in [0.2, 0.25) is 0 Å². The molecule has 0 aliphatic carbocycles. The second-order valence-electron chi connectivity index (χ2n) is 4.14. The normalized spacial score (nSPS) is 17.3. The zero-order chi connectivity index (χ0) is 14.3. The van der Waals surface area contributed by atoms with E-state index in [1.54, 1.807) is 13.2 Å². The number of carboxylic acid groups (broad SMARTS) is 1. The Kier molecular flexibility index (Phi) is 7.53. The monoisotopic (exact) mass is 280 g/mol. The molecule has 0 rings (SSSR count). The quantitative estimate of drug-likeness (QED) is 0.491. The van der Waals surface area contributed by atoms with E-state index in [2.05, 4.69) is 10.6 Å². The van der Waals surface area contributed by atoms with Crippen molar-refractivity contribution in [1.82, 2.24) is 10.6 Å². The van der Waals surface area contributed by atoms with Crippen molar-refractivity contribution in [2.75, 3.05) is 12.0 Å². The first-order chi connectivity index (χ1) is 8.23. The summed E-state index contributed by atoms with van der Waals surface area (Å²) in [5.41, 5.74) is 0. The fraction of sp³-hybridized carbons (Fsp3) is 0.800. The number of aliphatic hydroxyl groups is 1. The van der Waals surface area contributed by atoms with Crippen LogP contribution in [-0.2, 0) is 15.6 Å². The third kappa shape index (κ3) is 7.23. The van der Waals surface area contributed by atoms with E-state index in [0.29, 0.717) is 12.2 Å². The molecule has 0 saturated heterocycles. The summed E-state index contributed by atoms with van der Waals surface area (Å²) in [5.74, 6) is -0.845. The van der Waals surface area contributed by atoms with Crippen LogP contribution in [0.25, 0.3) is 0 Å². The second-order valence-corrected chi connectivity index (χ2v) is 5.70. The van der Waals surface area contributed by atoms with Gasteiger partial charge in [0.05, 0.1) is 6.10 Å². The molecule has 0 radical (unpaired) electrons. The Balaban J connectivity index is 4.16. The van der Waals surface area contributed by atoms with Gasteiger partial charge < -0.3 is 20.8 Å². The average molecular weight is 280 g/mol. The van der Waals surface area contributed by atoms with E-state index in [4.69, 9.17) is 5.11 Å². The van der Waals surface area contributed by atoms with E-state index in [1.165, 1.54) is 6.92 Å². The van der Waals surface area contributed by atoms with Gasteiger partial charge in [0, 0.05) is 28.9 Å². The molecule has 0 bridgehead atoms. The van der Waals surface area contributed by atoms with Crippen LogP contribution in [0.4, 0.5) is 4.79 Å². The fourth-order valence-corrected chi connectivity index (χ4v) is 1.90. The molecule has 0 aliphatic heterocycles. The number of carbonyl (C=O) groups is 2. The van der Waals surface area contributed by atoms with Crippen LogP contribution in [0.1, 0.15) is 20.3 Å². The first-order valence-corrected chi connectivity index (χ1v) is 7.24. The zero-order valence-electron chi connectivity index (χ0n) is 10.7. The van der Waals surface area contributed by atoms with Gasteiger partial charge in [0.15, 0.2) is 6.04 Å². The molecular formula is C10H20N2O5S. The van der Waals surface area contributed by atoms with Gasteiger partial charge in [-0.2, -0.15) is 0 Å². The van der Waals surface area contributed by atoms with Crippen LogP contribution in [0.3, 0.4) is 0 Å². The maximum absolute atomic E-state index is 11.4. The standard InChI is InChI=1S/C10H20N2O5S/c1-6(4-5-18(3)17)11-10(16)12-8(7(2)13)9(14)15/h6-8,13H,4-5H2,1-3H3,(H,14,15)(H2,11,12,16)/t6?,7-,8+,18?/m1/s1. The number of hydrogen-bond donors (Lipinski definition) is 4. The lowest BCUT2D eigenvalue weighted by molar-refractivity contribution is -0.141. The summed E-state index contributed by atoms with van der Waals surface area (Å²) in [7, 11) is -0.932. The number of amides is 2. The smallest absolute Gasteiger partial charge is 0.328 e. The molecule has 18 heavy (non-hydrogen) atoms. The van der Waals surface area contributed by atoms with Crippen molar-refractivity contribution in [2.24, 2.45) is 0 Å². The maximum Gasteiger partial charge on any atom is 0.328 e. The Hall–Kier alpha value is -1.15. The number of nitrogens with one attached hydrogen (secondary N) is 2. The van der Waals surface area contributed by atoms with E-state index in [0.717, 1.165) is 0 Å². The van der Waals surface area contributed by atoms with Crippen molar-refractivity contribution in [3.63, 3.8) is 0 Å². The van der Waals surface area contributed by atoms with Crippen molar-refractivity contribution in [3.8, 4) is 0 Å². The molecule has 0 saturated carbocycles. The minimum Gasteiger partial charge on any atom is -0.480 e. The topological polar surface area (TPSA) is 116 Å². The maximum atomic E-state index is 11.4.